The summed E-state index contributed by atoms with van der Waals surface area (Å²) in [6.45, 7) is 5.79. The van der Waals surface area contributed by atoms with Gasteiger partial charge >= 0.3 is 0 Å². The van der Waals surface area contributed by atoms with Gasteiger partial charge in [-0.1, -0.05) is 5.16 Å². The van der Waals surface area contributed by atoms with E-state index in [9.17, 15) is 0 Å². The molecule has 3 aromatic rings. The van der Waals surface area contributed by atoms with Crippen LogP contribution in [0.2, 0.25) is 0 Å². The Morgan fingerprint density at radius 2 is 2.09 bits per heavy atom. The van der Waals surface area contributed by atoms with Gasteiger partial charge in [-0.15, -0.1) is 0 Å². The Kier molecular flexibility index (Phi) is 3.49. The smallest absolute Gasteiger partial charge is 0.233 e. The number of H-pyrrole nitrogens is 1. The monoisotopic (exact) mass is 313 g/mol. The van der Waals surface area contributed by atoms with Crippen molar-refractivity contribution in [1.29, 1.82) is 0 Å². The first-order valence-electron chi connectivity index (χ1n) is 7.87. The zero-order valence-corrected chi connectivity index (χ0v) is 13.2. The van der Waals surface area contributed by atoms with Crippen molar-refractivity contribution in [2.75, 3.05) is 13.1 Å². The topological polar surface area (TPSA) is 88.9 Å². The predicted octanol–water partition coefficient (Wildman–Crippen LogP) is 2.36. The number of fused-ring (bicyclic) bond motifs is 1. The van der Waals surface area contributed by atoms with E-state index in [1.165, 1.54) is 0 Å². The van der Waals surface area contributed by atoms with E-state index < -0.39 is 0 Å². The largest absolute Gasteiger partial charge is 0.473 e. The molecule has 1 aliphatic rings. The van der Waals surface area contributed by atoms with E-state index in [2.05, 4.69) is 25.4 Å². The second-order valence-corrected chi connectivity index (χ2v) is 5.87. The molecule has 4 rings (SSSR count). The van der Waals surface area contributed by atoms with E-state index in [1.807, 2.05) is 20.0 Å². The summed E-state index contributed by atoms with van der Waals surface area (Å²) in [5.74, 6) is 1.34. The molecule has 7 nitrogen and oxygen atoms in total. The lowest BCUT2D eigenvalue weighted by molar-refractivity contribution is 0.156. The van der Waals surface area contributed by atoms with E-state index in [0.717, 1.165) is 59.7 Å². The van der Waals surface area contributed by atoms with Gasteiger partial charge in [0.25, 0.3) is 0 Å². The first-order valence-corrected chi connectivity index (χ1v) is 7.87. The Balaban J connectivity index is 1.71. The van der Waals surface area contributed by atoms with Gasteiger partial charge in [-0.05, 0) is 39.8 Å². The molecule has 0 amide bonds. The van der Waals surface area contributed by atoms with Crippen molar-refractivity contribution in [3.8, 4) is 17.0 Å². The molecule has 4 heterocycles. The lowest BCUT2D eigenvalue weighted by atomic mass is 10.1. The van der Waals surface area contributed by atoms with Crippen molar-refractivity contribution in [3.05, 3.63) is 23.8 Å². The first kappa shape index (κ1) is 14.2. The summed E-state index contributed by atoms with van der Waals surface area (Å²) in [5.41, 5.74) is 4.27. The van der Waals surface area contributed by atoms with Crippen molar-refractivity contribution in [2.45, 2.75) is 32.8 Å². The molecule has 23 heavy (non-hydrogen) atoms. The fourth-order valence-electron chi connectivity index (χ4n) is 3.07. The van der Waals surface area contributed by atoms with E-state index in [-0.39, 0.29) is 6.10 Å². The van der Waals surface area contributed by atoms with Crippen molar-refractivity contribution in [1.82, 2.24) is 25.4 Å². The normalized spacial score (nSPS) is 16.1. The molecular formula is C16H19N5O2. The van der Waals surface area contributed by atoms with Gasteiger partial charge in [0.15, 0.2) is 5.65 Å². The second-order valence-electron chi connectivity index (χ2n) is 5.87. The van der Waals surface area contributed by atoms with E-state index >= 15 is 0 Å². The number of ether oxygens (including phenoxy) is 1. The summed E-state index contributed by atoms with van der Waals surface area (Å²) >= 11 is 0. The van der Waals surface area contributed by atoms with Gasteiger partial charge in [-0.2, -0.15) is 0 Å². The molecule has 0 aromatic carbocycles. The fourth-order valence-corrected chi connectivity index (χ4v) is 3.07. The highest BCUT2D eigenvalue weighted by molar-refractivity contribution is 5.91. The third-order valence-electron chi connectivity index (χ3n) is 4.24. The quantitative estimate of drug-likeness (QED) is 0.771. The van der Waals surface area contributed by atoms with Crippen LogP contribution in [-0.4, -0.2) is 39.3 Å². The average molecular weight is 313 g/mol. The van der Waals surface area contributed by atoms with Gasteiger partial charge in [-0.3, -0.25) is 0 Å². The number of piperidine rings is 1. The van der Waals surface area contributed by atoms with Gasteiger partial charge < -0.3 is 19.6 Å². The number of aromatic nitrogens is 4. The molecule has 0 radical (unpaired) electrons. The standard InChI is InChI=1S/C16H19N5O2/c1-9-14(10(2)23-21-9)12-7-18-16-15(12)20-13(8-19-16)22-11-3-5-17-6-4-11/h7-8,11,17H,3-6H2,1-2H3,(H,18,19). The lowest BCUT2D eigenvalue weighted by Crippen LogP contribution is -2.34. The van der Waals surface area contributed by atoms with Crippen LogP contribution in [0.5, 0.6) is 5.88 Å². The highest BCUT2D eigenvalue weighted by atomic mass is 16.5. The maximum Gasteiger partial charge on any atom is 0.233 e. The molecule has 2 N–H and O–H groups in total. The van der Waals surface area contributed by atoms with Crippen molar-refractivity contribution in [3.63, 3.8) is 0 Å². The molecule has 7 heteroatoms. The van der Waals surface area contributed by atoms with Crippen LogP contribution in [0.3, 0.4) is 0 Å². The van der Waals surface area contributed by atoms with Gasteiger partial charge in [0.1, 0.15) is 17.4 Å². The maximum absolute atomic E-state index is 6.00. The number of hydrogen-bond acceptors (Lipinski definition) is 6. The van der Waals surface area contributed by atoms with Crippen molar-refractivity contribution in [2.24, 2.45) is 0 Å². The number of aromatic amines is 1. The molecule has 0 aliphatic carbocycles. The zero-order valence-electron chi connectivity index (χ0n) is 13.2. The summed E-state index contributed by atoms with van der Waals surface area (Å²) in [5, 5.41) is 7.35. The van der Waals surface area contributed by atoms with Crippen LogP contribution >= 0.6 is 0 Å². The van der Waals surface area contributed by atoms with Gasteiger partial charge in [0.05, 0.1) is 17.5 Å². The summed E-state index contributed by atoms with van der Waals surface area (Å²) in [7, 11) is 0. The first-order chi connectivity index (χ1) is 11.2. The molecule has 0 atom stereocenters. The Labute approximate surface area is 133 Å². The number of rotatable bonds is 3. The van der Waals surface area contributed by atoms with Crippen LogP contribution in [-0.2, 0) is 0 Å². The van der Waals surface area contributed by atoms with Gasteiger partial charge in [-0.25, -0.2) is 9.97 Å². The average Bonchev–Trinajstić information content (AvgIpc) is 3.11. The molecule has 3 aromatic heterocycles. The predicted molar refractivity (Wildman–Crippen MR) is 85.4 cm³/mol. The Morgan fingerprint density at radius 1 is 1.26 bits per heavy atom. The molecule has 0 unspecified atom stereocenters. The minimum absolute atomic E-state index is 0.199. The third-order valence-corrected chi connectivity index (χ3v) is 4.24. The molecule has 120 valence electrons. The maximum atomic E-state index is 6.00. The Bertz CT molecular complexity index is 813. The number of hydrogen-bond donors (Lipinski definition) is 2. The summed E-state index contributed by atoms with van der Waals surface area (Å²) in [6.07, 6.45) is 5.75. The molecule has 1 fully saturated rings. The van der Waals surface area contributed by atoms with E-state index in [0.29, 0.717) is 5.88 Å². The molecule has 1 aliphatic heterocycles. The SMILES string of the molecule is Cc1noc(C)c1-c1c[nH]c2ncc(OC3CCNCC3)nc12. The van der Waals surface area contributed by atoms with Crippen LogP contribution in [0.1, 0.15) is 24.3 Å². The molecular weight excluding hydrogens is 294 g/mol. The molecule has 1 saturated heterocycles. The highest BCUT2D eigenvalue weighted by Gasteiger charge is 2.19. The summed E-state index contributed by atoms with van der Waals surface area (Å²) in [4.78, 5) is 12.2. The number of nitrogens with zero attached hydrogens (tertiary/aromatic N) is 3. The third kappa shape index (κ3) is 2.57. The summed E-state index contributed by atoms with van der Waals surface area (Å²) in [6, 6.07) is 0. The minimum Gasteiger partial charge on any atom is -0.473 e. The number of aryl methyl sites for hydroxylation is 2. The van der Waals surface area contributed by atoms with Crippen LogP contribution in [0.15, 0.2) is 16.9 Å². The van der Waals surface area contributed by atoms with Gasteiger partial charge in [0.2, 0.25) is 5.88 Å². The van der Waals surface area contributed by atoms with Crippen LogP contribution in [0.4, 0.5) is 0 Å². The Morgan fingerprint density at radius 3 is 2.83 bits per heavy atom. The van der Waals surface area contributed by atoms with Gasteiger partial charge in [0, 0.05) is 11.8 Å². The van der Waals surface area contributed by atoms with Crippen molar-refractivity contribution < 1.29 is 9.26 Å². The molecule has 0 spiro atoms. The minimum atomic E-state index is 0.199. The lowest BCUT2D eigenvalue weighted by Gasteiger charge is -2.22. The van der Waals surface area contributed by atoms with E-state index in [4.69, 9.17) is 9.26 Å². The van der Waals surface area contributed by atoms with Crippen LogP contribution in [0.25, 0.3) is 22.3 Å². The van der Waals surface area contributed by atoms with E-state index in [1.54, 1.807) is 6.20 Å². The fraction of sp³-hybridized carbons (Fsp3) is 0.438. The number of nitrogens with one attached hydrogen (secondary N) is 2. The second kappa shape index (κ2) is 5.66. The van der Waals surface area contributed by atoms with Crippen LogP contribution < -0.4 is 10.1 Å². The summed E-state index contributed by atoms with van der Waals surface area (Å²) < 4.78 is 11.3. The highest BCUT2D eigenvalue weighted by Crippen LogP contribution is 2.32. The van der Waals surface area contributed by atoms with Crippen molar-refractivity contribution >= 4 is 11.2 Å². The Hall–Kier alpha value is -2.41. The molecule has 0 saturated carbocycles. The van der Waals surface area contributed by atoms with Crippen LogP contribution in [0, 0.1) is 13.8 Å². The molecule has 0 bridgehead atoms. The zero-order chi connectivity index (χ0) is 15.8.